The molecule has 106 valence electrons. The molecule has 1 aromatic carbocycles. The molecule has 0 aliphatic carbocycles. The smallest absolute Gasteiger partial charge is 0.280 e. The van der Waals surface area contributed by atoms with Crippen molar-refractivity contribution in [2.24, 2.45) is 0 Å². The first-order chi connectivity index (χ1) is 10.1. The van der Waals surface area contributed by atoms with Crippen LogP contribution in [0.25, 0.3) is 10.9 Å². The van der Waals surface area contributed by atoms with Crippen LogP contribution in [0.1, 0.15) is 10.5 Å². The number of carbonyl (C=O) groups is 1. The van der Waals surface area contributed by atoms with E-state index in [1.807, 2.05) is 18.2 Å². The molecule has 8 heteroatoms. The second-order valence-electron chi connectivity index (χ2n) is 4.40. The monoisotopic (exact) mass is 346 g/mol. The van der Waals surface area contributed by atoms with Gasteiger partial charge in [-0.05, 0) is 24.3 Å². The summed E-state index contributed by atoms with van der Waals surface area (Å²) in [5, 5.41) is 7.68. The normalized spacial score (nSPS) is 10.8. The van der Waals surface area contributed by atoms with Gasteiger partial charge < -0.3 is 5.73 Å². The zero-order valence-corrected chi connectivity index (χ0v) is 12.6. The lowest BCUT2D eigenvalue weighted by atomic mass is 10.2. The van der Waals surface area contributed by atoms with Gasteiger partial charge in [-0.25, -0.2) is 4.98 Å². The molecule has 0 bridgehead atoms. The minimum Gasteiger partial charge on any atom is -0.368 e. The number of H-pyrrole nitrogens is 1. The van der Waals surface area contributed by atoms with E-state index in [0.29, 0.717) is 11.5 Å². The molecule has 0 atom stereocenters. The number of nitrogens with zero attached hydrogens (tertiary/aromatic N) is 4. The molecule has 1 amide bonds. The molecule has 2 aromatic heterocycles. The largest absolute Gasteiger partial charge is 0.368 e. The number of rotatable bonds is 2. The minimum absolute atomic E-state index is 0.114. The second kappa shape index (κ2) is 5.13. The Kier molecular flexibility index (Phi) is 3.30. The fraction of sp³-hybridized carbons (Fsp3) is 0.0769. The van der Waals surface area contributed by atoms with Crippen molar-refractivity contribution in [3.8, 4) is 0 Å². The minimum atomic E-state index is -0.276. The highest BCUT2D eigenvalue weighted by Crippen LogP contribution is 2.22. The Morgan fingerprint density at radius 3 is 2.95 bits per heavy atom. The first-order valence-corrected chi connectivity index (χ1v) is 6.86. The molecule has 0 fully saturated rings. The number of amides is 1. The Balaban J connectivity index is 2.00. The number of fused-ring (bicyclic) bond motifs is 1. The molecule has 3 rings (SSSR count). The van der Waals surface area contributed by atoms with Crippen molar-refractivity contribution in [3.05, 3.63) is 40.6 Å². The number of halogens is 1. The van der Waals surface area contributed by atoms with E-state index < -0.39 is 0 Å². The van der Waals surface area contributed by atoms with Crippen LogP contribution < -0.4 is 10.6 Å². The standard InChI is InChI=1S/C13H11BrN6O/c1-20(10-4-5-16-13(15)17-10)12(21)11-8-3-2-7(14)6-9(8)18-19-11/h2-6H,1H3,(H,18,19)(H2,15,16,17). The molecule has 21 heavy (non-hydrogen) atoms. The van der Waals surface area contributed by atoms with Crippen LogP contribution in [0.4, 0.5) is 11.8 Å². The topological polar surface area (TPSA) is 101 Å². The van der Waals surface area contributed by atoms with Gasteiger partial charge in [-0.3, -0.25) is 14.8 Å². The Morgan fingerprint density at radius 2 is 2.19 bits per heavy atom. The average Bonchev–Trinajstić information content (AvgIpc) is 2.88. The molecule has 0 saturated heterocycles. The van der Waals surface area contributed by atoms with Crippen molar-refractivity contribution >= 4 is 44.5 Å². The first kappa shape index (κ1) is 13.5. The van der Waals surface area contributed by atoms with Gasteiger partial charge in [0.1, 0.15) is 5.82 Å². The average molecular weight is 347 g/mol. The van der Waals surface area contributed by atoms with E-state index in [2.05, 4.69) is 36.1 Å². The van der Waals surface area contributed by atoms with Gasteiger partial charge >= 0.3 is 0 Å². The molecule has 2 heterocycles. The van der Waals surface area contributed by atoms with Gasteiger partial charge in [-0.2, -0.15) is 10.1 Å². The fourth-order valence-electron chi connectivity index (χ4n) is 1.97. The number of aromatic nitrogens is 4. The lowest BCUT2D eigenvalue weighted by Crippen LogP contribution is -2.27. The summed E-state index contributed by atoms with van der Waals surface area (Å²) < 4.78 is 0.912. The fourth-order valence-corrected chi connectivity index (χ4v) is 2.33. The quantitative estimate of drug-likeness (QED) is 0.738. The zero-order chi connectivity index (χ0) is 15.0. The number of hydrogen-bond donors (Lipinski definition) is 2. The molecule has 0 aliphatic rings. The summed E-state index contributed by atoms with van der Waals surface area (Å²) in [7, 11) is 1.61. The van der Waals surface area contributed by atoms with Crippen molar-refractivity contribution in [1.82, 2.24) is 20.2 Å². The molecule has 0 aliphatic heterocycles. The van der Waals surface area contributed by atoms with Gasteiger partial charge in [-0.15, -0.1) is 0 Å². The van der Waals surface area contributed by atoms with E-state index >= 15 is 0 Å². The molecule has 0 unspecified atom stereocenters. The summed E-state index contributed by atoms with van der Waals surface area (Å²) in [6.07, 6.45) is 1.50. The van der Waals surface area contributed by atoms with Gasteiger partial charge in [0.25, 0.3) is 5.91 Å². The number of hydrogen-bond acceptors (Lipinski definition) is 5. The van der Waals surface area contributed by atoms with E-state index in [0.717, 1.165) is 15.4 Å². The SMILES string of the molecule is CN(C(=O)c1n[nH]c2cc(Br)ccc12)c1ccnc(N)n1. The summed E-state index contributed by atoms with van der Waals surface area (Å²) in [6, 6.07) is 7.16. The lowest BCUT2D eigenvalue weighted by Gasteiger charge is -2.14. The molecular formula is C13H11BrN6O. The number of aromatic amines is 1. The Bertz CT molecular complexity index is 830. The van der Waals surface area contributed by atoms with E-state index in [4.69, 9.17) is 5.73 Å². The van der Waals surface area contributed by atoms with Crippen LogP contribution >= 0.6 is 15.9 Å². The van der Waals surface area contributed by atoms with Gasteiger partial charge in [0, 0.05) is 23.1 Å². The number of anilines is 2. The lowest BCUT2D eigenvalue weighted by molar-refractivity contribution is 0.0989. The van der Waals surface area contributed by atoms with Gasteiger partial charge in [0.2, 0.25) is 5.95 Å². The molecule has 3 N–H and O–H groups in total. The second-order valence-corrected chi connectivity index (χ2v) is 5.32. The van der Waals surface area contributed by atoms with Crippen LogP contribution in [0.15, 0.2) is 34.9 Å². The van der Waals surface area contributed by atoms with Crippen molar-refractivity contribution in [2.45, 2.75) is 0 Å². The van der Waals surface area contributed by atoms with Crippen molar-refractivity contribution < 1.29 is 4.79 Å². The Labute approximate surface area is 128 Å². The summed E-state index contributed by atoms with van der Waals surface area (Å²) in [5.74, 6) is 0.255. The van der Waals surface area contributed by atoms with Crippen LogP contribution in [0.2, 0.25) is 0 Å². The maximum absolute atomic E-state index is 12.5. The van der Waals surface area contributed by atoms with Gasteiger partial charge in [0.05, 0.1) is 5.52 Å². The summed E-state index contributed by atoms with van der Waals surface area (Å²) in [6.45, 7) is 0. The molecule has 0 radical (unpaired) electrons. The number of nitrogens with one attached hydrogen (secondary N) is 1. The molecule has 7 nitrogen and oxygen atoms in total. The van der Waals surface area contributed by atoms with Gasteiger partial charge in [0.15, 0.2) is 5.69 Å². The number of carbonyl (C=O) groups excluding carboxylic acids is 1. The van der Waals surface area contributed by atoms with Gasteiger partial charge in [-0.1, -0.05) is 15.9 Å². The third kappa shape index (κ3) is 2.45. The summed E-state index contributed by atoms with van der Waals surface area (Å²) in [4.78, 5) is 21.8. The first-order valence-electron chi connectivity index (χ1n) is 6.06. The Hall–Kier alpha value is -2.48. The predicted octanol–water partition coefficient (Wildman–Crippen LogP) is 1.97. The number of benzene rings is 1. The van der Waals surface area contributed by atoms with Crippen LogP contribution in [-0.4, -0.2) is 33.1 Å². The number of nitrogen functional groups attached to an aromatic ring is 1. The molecule has 0 spiro atoms. The highest BCUT2D eigenvalue weighted by molar-refractivity contribution is 9.10. The van der Waals surface area contributed by atoms with E-state index in [1.165, 1.54) is 11.1 Å². The molecular weight excluding hydrogens is 336 g/mol. The predicted molar refractivity (Wildman–Crippen MR) is 83.0 cm³/mol. The maximum Gasteiger partial charge on any atom is 0.280 e. The zero-order valence-electron chi connectivity index (χ0n) is 11.0. The van der Waals surface area contributed by atoms with Crippen molar-refractivity contribution in [1.29, 1.82) is 0 Å². The van der Waals surface area contributed by atoms with E-state index in [9.17, 15) is 4.79 Å². The van der Waals surface area contributed by atoms with E-state index in [-0.39, 0.29) is 11.9 Å². The van der Waals surface area contributed by atoms with Crippen molar-refractivity contribution in [2.75, 3.05) is 17.7 Å². The highest BCUT2D eigenvalue weighted by atomic mass is 79.9. The molecule has 0 saturated carbocycles. The summed E-state index contributed by atoms with van der Waals surface area (Å²) >= 11 is 3.38. The van der Waals surface area contributed by atoms with Crippen LogP contribution in [0, 0.1) is 0 Å². The third-order valence-corrected chi connectivity index (χ3v) is 3.53. The third-order valence-electron chi connectivity index (χ3n) is 3.04. The van der Waals surface area contributed by atoms with E-state index in [1.54, 1.807) is 13.1 Å². The van der Waals surface area contributed by atoms with Crippen molar-refractivity contribution in [3.63, 3.8) is 0 Å². The highest BCUT2D eigenvalue weighted by Gasteiger charge is 2.20. The van der Waals surface area contributed by atoms with Crippen LogP contribution in [0.3, 0.4) is 0 Å². The Morgan fingerprint density at radius 1 is 1.38 bits per heavy atom. The number of nitrogens with two attached hydrogens (primary N) is 1. The van der Waals surface area contributed by atoms with Crippen LogP contribution in [-0.2, 0) is 0 Å². The maximum atomic E-state index is 12.5. The summed E-state index contributed by atoms with van der Waals surface area (Å²) in [5.41, 5.74) is 6.65. The van der Waals surface area contributed by atoms with Crippen LogP contribution in [0.5, 0.6) is 0 Å². The molecule has 3 aromatic rings.